The number of hydrogen-bond donors (Lipinski definition) is 0. The summed E-state index contributed by atoms with van der Waals surface area (Å²) >= 11 is 0. The number of rotatable bonds is 0. The maximum atomic E-state index is 10.4. The normalized spacial score (nSPS) is 31.8. The number of hydrogen-bond acceptors (Lipinski definition) is 3. The van der Waals surface area contributed by atoms with Gasteiger partial charge in [-0.25, -0.2) is 4.79 Å². The van der Waals surface area contributed by atoms with Crippen LogP contribution in [0.3, 0.4) is 0 Å². The Bertz CT molecular complexity index is 171. The minimum absolute atomic E-state index is 0.248. The van der Waals surface area contributed by atoms with Gasteiger partial charge in [0.2, 0.25) is 6.10 Å². The molecule has 2 aliphatic rings. The van der Waals surface area contributed by atoms with Crippen molar-refractivity contribution in [3.8, 4) is 0 Å². The van der Waals surface area contributed by atoms with Crippen molar-refractivity contribution in [3.05, 3.63) is 12.0 Å². The van der Waals surface area contributed by atoms with Gasteiger partial charge in [-0.2, -0.15) is 0 Å². The Morgan fingerprint density at radius 2 is 2.62 bits per heavy atom. The third-order valence-corrected chi connectivity index (χ3v) is 1.22. The zero-order valence-electron chi connectivity index (χ0n) is 4.09. The molecular formula is C5H4O3. The first kappa shape index (κ1) is 3.95. The summed E-state index contributed by atoms with van der Waals surface area (Å²) in [6.07, 6.45) is 2.14. The van der Waals surface area contributed by atoms with Crippen molar-refractivity contribution in [2.45, 2.75) is 12.5 Å². The first-order chi connectivity index (χ1) is 3.86. The van der Waals surface area contributed by atoms with Crippen molar-refractivity contribution in [2.75, 3.05) is 0 Å². The molecule has 2 aliphatic heterocycles. The summed E-state index contributed by atoms with van der Waals surface area (Å²) in [6, 6.07) is 0. The molecule has 0 amide bonds. The van der Waals surface area contributed by atoms with E-state index in [1.807, 2.05) is 0 Å². The molecule has 1 fully saturated rings. The van der Waals surface area contributed by atoms with E-state index in [2.05, 4.69) is 4.74 Å². The van der Waals surface area contributed by atoms with E-state index in [9.17, 15) is 4.79 Å². The Labute approximate surface area is 45.9 Å². The fraction of sp³-hybridized carbons (Fsp3) is 0.400. The van der Waals surface area contributed by atoms with Gasteiger partial charge in [-0.1, -0.05) is 0 Å². The fourth-order valence-electron chi connectivity index (χ4n) is 0.815. The van der Waals surface area contributed by atoms with E-state index in [0.29, 0.717) is 12.4 Å². The molecule has 1 unspecified atom stereocenters. The van der Waals surface area contributed by atoms with Gasteiger partial charge in [0.25, 0.3) is 5.95 Å². The molecule has 2 rings (SSSR count). The first-order valence-corrected chi connectivity index (χ1v) is 2.45. The van der Waals surface area contributed by atoms with Crippen molar-refractivity contribution in [1.82, 2.24) is 0 Å². The van der Waals surface area contributed by atoms with Gasteiger partial charge in [-0.05, 0) is 0 Å². The average Bonchev–Trinajstić information content (AvgIpc) is 2.23. The summed E-state index contributed by atoms with van der Waals surface area (Å²) in [4.78, 5) is 10.4. The minimum atomic E-state index is -0.315. The van der Waals surface area contributed by atoms with Gasteiger partial charge in [0.1, 0.15) is 0 Å². The highest BCUT2D eigenvalue weighted by atomic mass is 16.7. The highest BCUT2D eigenvalue weighted by Gasteiger charge is 2.36. The Morgan fingerprint density at radius 1 is 1.75 bits per heavy atom. The number of esters is 1. The highest BCUT2D eigenvalue weighted by Crippen LogP contribution is 2.26. The van der Waals surface area contributed by atoms with Crippen LogP contribution < -0.4 is 0 Å². The van der Waals surface area contributed by atoms with Gasteiger partial charge >= 0.3 is 5.97 Å². The summed E-state index contributed by atoms with van der Waals surface area (Å²) in [5.74, 6) is 0.141. The van der Waals surface area contributed by atoms with Crippen molar-refractivity contribution in [2.24, 2.45) is 0 Å². The second kappa shape index (κ2) is 1.05. The quantitative estimate of drug-likeness (QED) is 0.419. The SMILES string of the molecule is O=C1OC2=CCC1O2. The Balaban J connectivity index is 2.37. The molecule has 0 N–H and O–H groups in total. The minimum Gasteiger partial charge on any atom is -0.450 e. The number of carbonyl (C=O) groups excluding carboxylic acids is 1. The van der Waals surface area contributed by atoms with Crippen LogP contribution in [0.5, 0.6) is 0 Å². The largest absolute Gasteiger partial charge is 0.450 e. The highest BCUT2D eigenvalue weighted by molar-refractivity contribution is 5.79. The summed E-state index contributed by atoms with van der Waals surface area (Å²) in [5.41, 5.74) is 0. The smallest absolute Gasteiger partial charge is 0.355 e. The fourth-order valence-corrected chi connectivity index (χ4v) is 0.815. The van der Waals surface area contributed by atoms with E-state index in [1.54, 1.807) is 6.08 Å². The van der Waals surface area contributed by atoms with Gasteiger partial charge in [-0.15, -0.1) is 0 Å². The van der Waals surface area contributed by atoms with E-state index < -0.39 is 0 Å². The third-order valence-electron chi connectivity index (χ3n) is 1.22. The molecule has 1 saturated heterocycles. The van der Waals surface area contributed by atoms with Crippen molar-refractivity contribution in [1.29, 1.82) is 0 Å². The van der Waals surface area contributed by atoms with Crippen LogP contribution in [0, 0.1) is 0 Å². The molecule has 42 valence electrons. The molecule has 0 aliphatic carbocycles. The summed E-state index contributed by atoms with van der Waals surface area (Å²) < 4.78 is 9.43. The lowest BCUT2D eigenvalue weighted by molar-refractivity contribution is -0.138. The molecule has 3 nitrogen and oxygen atoms in total. The van der Waals surface area contributed by atoms with Crippen LogP contribution in [-0.4, -0.2) is 12.1 Å². The Morgan fingerprint density at radius 3 is 2.88 bits per heavy atom. The van der Waals surface area contributed by atoms with E-state index in [0.717, 1.165) is 0 Å². The molecule has 2 heterocycles. The predicted molar refractivity (Wildman–Crippen MR) is 23.7 cm³/mol. The van der Waals surface area contributed by atoms with E-state index in [1.165, 1.54) is 0 Å². The lowest BCUT2D eigenvalue weighted by atomic mass is 10.3. The van der Waals surface area contributed by atoms with Crippen LogP contribution >= 0.6 is 0 Å². The Kier molecular flexibility index (Phi) is 0.516. The van der Waals surface area contributed by atoms with Crippen LogP contribution in [-0.2, 0) is 14.3 Å². The second-order valence-electron chi connectivity index (χ2n) is 1.79. The molecule has 0 aromatic heterocycles. The number of carbonyl (C=O) groups is 1. The van der Waals surface area contributed by atoms with Gasteiger partial charge in [0.05, 0.1) is 0 Å². The van der Waals surface area contributed by atoms with Gasteiger partial charge in [-0.3, -0.25) is 0 Å². The standard InChI is InChI=1S/C5H4O3/c6-5-3-1-2-4(7-3)8-5/h2-3H,1H2. The van der Waals surface area contributed by atoms with Crippen molar-refractivity contribution in [3.63, 3.8) is 0 Å². The molecule has 3 heteroatoms. The molecule has 0 aromatic rings. The second-order valence-corrected chi connectivity index (χ2v) is 1.79. The first-order valence-electron chi connectivity index (χ1n) is 2.45. The number of fused-ring (bicyclic) bond motifs is 2. The van der Waals surface area contributed by atoms with E-state index in [-0.39, 0.29) is 12.1 Å². The molecule has 2 bridgehead atoms. The monoisotopic (exact) mass is 112 g/mol. The molecule has 1 atom stereocenters. The zero-order valence-corrected chi connectivity index (χ0v) is 4.09. The topological polar surface area (TPSA) is 35.5 Å². The molecule has 8 heavy (non-hydrogen) atoms. The van der Waals surface area contributed by atoms with Crippen molar-refractivity contribution >= 4 is 5.97 Å². The van der Waals surface area contributed by atoms with Crippen molar-refractivity contribution < 1.29 is 14.3 Å². The van der Waals surface area contributed by atoms with Crippen LogP contribution in [0.2, 0.25) is 0 Å². The molecular weight excluding hydrogens is 108 g/mol. The lowest BCUT2D eigenvalue weighted by Gasteiger charge is -1.93. The molecule has 0 aromatic carbocycles. The lowest BCUT2D eigenvalue weighted by Crippen LogP contribution is -2.14. The molecule has 0 spiro atoms. The van der Waals surface area contributed by atoms with Crippen LogP contribution in [0.1, 0.15) is 6.42 Å². The van der Waals surface area contributed by atoms with Crippen LogP contribution in [0.15, 0.2) is 12.0 Å². The third kappa shape index (κ3) is 0.314. The zero-order chi connectivity index (χ0) is 5.56. The molecule has 0 radical (unpaired) electrons. The maximum Gasteiger partial charge on any atom is 0.355 e. The maximum absolute atomic E-state index is 10.4. The number of ether oxygens (including phenoxy) is 2. The summed E-state index contributed by atoms with van der Waals surface area (Å²) in [7, 11) is 0. The summed E-state index contributed by atoms with van der Waals surface area (Å²) in [6.45, 7) is 0. The van der Waals surface area contributed by atoms with E-state index >= 15 is 0 Å². The predicted octanol–water partition coefficient (Wildman–Crippen LogP) is 0.173. The average molecular weight is 112 g/mol. The van der Waals surface area contributed by atoms with Crippen LogP contribution in [0.4, 0.5) is 0 Å². The van der Waals surface area contributed by atoms with Gasteiger partial charge < -0.3 is 9.47 Å². The van der Waals surface area contributed by atoms with Gasteiger partial charge in [0, 0.05) is 12.5 Å². The van der Waals surface area contributed by atoms with Crippen LogP contribution in [0.25, 0.3) is 0 Å². The Hall–Kier alpha value is -0.990. The molecule has 0 saturated carbocycles. The summed E-state index contributed by atoms with van der Waals surface area (Å²) in [5, 5.41) is 0. The van der Waals surface area contributed by atoms with Gasteiger partial charge in [0.15, 0.2) is 0 Å². The van der Waals surface area contributed by atoms with E-state index in [4.69, 9.17) is 4.74 Å².